The SMILES string of the molecule is CCC(C)n1ncn(-c2ccc(N3CCN(c4ccc(SCC5COC(Cn6cncn6)(c6ccc(F)cc6F)C5)cc4)CC3)cc2)c1=O. The van der Waals surface area contributed by atoms with Crippen LogP contribution in [0.15, 0.2) is 95.4 Å². The number of benzene rings is 3. The van der Waals surface area contributed by atoms with Crippen molar-refractivity contribution < 1.29 is 13.5 Å². The fourth-order valence-electron chi connectivity index (χ4n) is 6.77. The molecule has 2 aliphatic rings. The molecule has 3 unspecified atom stereocenters. The number of hydrogen-bond acceptors (Lipinski definition) is 8. The first kappa shape index (κ1) is 33.0. The Balaban J connectivity index is 0.925. The molecule has 2 aromatic heterocycles. The first-order valence-electron chi connectivity index (χ1n) is 16.7. The maximum Gasteiger partial charge on any atom is 0.350 e. The van der Waals surface area contributed by atoms with E-state index in [1.165, 1.54) is 28.8 Å². The van der Waals surface area contributed by atoms with Gasteiger partial charge in [-0.1, -0.05) is 13.0 Å². The van der Waals surface area contributed by atoms with Gasteiger partial charge in [0.05, 0.1) is 24.9 Å². The number of ether oxygens (including phenoxy) is 1. The lowest BCUT2D eigenvalue weighted by molar-refractivity contribution is -0.0202. The van der Waals surface area contributed by atoms with Crippen molar-refractivity contribution in [2.75, 3.05) is 48.3 Å². The van der Waals surface area contributed by atoms with Crippen LogP contribution in [0.5, 0.6) is 0 Å². The standard InChI is InChI=1S/C36H40F2N8O2S/c1-3-26(2)46-35(47)45(25-41-46)31-7-5-29(6-8-31)42-14-16-43(17-15-42)30-9-11-32(12-10-30)49-21-27-19-36(48-20-27,22-44-24-39-23-40-44)33-13-4-28(37)18-34(33)38/h4-13,18,23-27H,3,14-17,19-22H2,1-2H3. The lowest BCUT2D eigenvalue weighted by atomic mass is 9.87. The fraction of sp³-hybridized carbons (Fsp3) is 0.389. The fourth-order valence-corrected chi connectivity index (χ4v) is 7.74. The minimum Gasteiger partial charge on any atom is -0.368 e. The van der Waals surface area contributed by atoms with Crippen LogP contribution in [0.1, 0.15) is 38.3 Å². The van der Waals surface area contributed by atoms with Gasteiger partial charge in [-0.2, -0.15) is 10.2 Å². The van der Waals surface area contributed by atoms with Gasteiger partial charge in [-0.25, -0.2) is 32.5 Å². The van der Waals surface area contributed by atoms with Gasteiger partial charge >= 0.3 is 5.69 Å². The van der Waals surface area contributed by atoms with E-state index in [1.807, 2.05) is 26.0 Å². The van der Waals surface area contributed by atoms with E-state index in [2.05, 4.69) is 61.4 Å². The van der Waals surface area contributed by atoms with Crippen LogP contribution in [0.4, 0.5) is 20.2 Å². The second-order valence-corrected chi connectivity index (χ2v) is 14.0. The molecule has 0 radical (unpaired) electrons. The van der Waals surface area contributed by atoms with Gasteiger partial charge in [0.2, 0.25) is 0 Å². The molecule has 256 valence electrons. The summed E-state index contributed by atoms with van der Waals surface area (Å²) in [6.45, 7) is 8.43. The number of aromatic nitrogens is 6. The highest BCUT2D eigenvalue weighted by molar-refractivity contribution is 7.99. The summed E-state index contributed by atoms with van der Waals surface area (Å²) < 4.78 is 39.8. The Hall–Kier alpha value is -4.49. The second kappa shape index (κ2) is 14.2. The molecular weight excluding hydrogens is 647 g/mol. The van der Waals surface area contributed by atoms with Crippen molar-refractivity contribution in [2.24, 2.45) is 5.92 Å². The van der Waals surface area contributed by atoms with Gasteiger partial charge in [0.15, 0.2) is 0 Å². The molecule has 2 fully saturated rings. The lowest BCUT2D eigenvalue weighted by Crippen LogP contribution is -2.46. The molecule has 5 aromatic rings. The Morgan fingerprint density at radius 3 is 2.22 bits per heavy atom. The van der Waals surface area contributed by atoms with Crippen molar-refractivity contribution in [3.63, 3.8) is 0 Å². The van der Waals surface area contributed by atoms with E-state index in [0.29, 0.717) is 25.1 Å². The molecule has 0 N–H and O–H groups in total. The highest BCUT2D eigenvalue weighted by atomic mass is 32.2. The Kier molecular flexibility index (Phi) is 9.55. The molecule has 3 atom stereocenters. The van der Waals surface area contributed by atoms with Crippen LogP contribution in [-0.4, -0.2) is 67.7 Å². The van der Waals surface area contributed by atoms with Crippen LogP contribution in [0.3, 0.4) is 0 Å². The van der Waals surface area contributed by atoms with Crippen LogP contribution in [0, 0.1) is 17.6 Å². The van der Waals surface area contributed by atoms with Crippen molar-refractivity contribution in [3.05, 3.63) is 113 Å². The first-order chi connectivity index (χ1) is 23.8. The van der Waals surface area contributed by atoms with Crippen molar-refractivity contribution in [2.45, 2.75) is 49.8 Å². The van der Waals surface area contributed by atoms with E-state index in [0.717, 1.165) is 60.7 Å². The summed E-state index contributed by atoms with van der Waals surface area (Å²) in [6, 6.07) is 20.5. The molecule has 2 aliphatic heterocycles. The second-order valence-electron chi connectivity index (χ2n) is 12.9. The van der Waals surface area contributed by atoms with Crippen LogP contribution in [0.25, 0.3) is 5.69 Å². The molecule has 0 aliphatic carbocycles. The number of anilines is 2. The topological polar surface area (TPSA) is 86.2 Å². The van der Waals surface area contributed by atoms with Gasteiger partial charge in [0, 0.05) is 59.8 Å². The Bertz CT molecular complexity index is 1910. The molecule has 0 spiro atoms. The molecule has 0 bridgehead atoms. The van der Waals surface area contributed by atoms with E-state index < -0.39 is 17.2 Å². The number of halogens is 2. The summed E-state index contributed by atoms with van der Waals surface area (Å²) in [4.78, 5) is 22.8. The predicted molar refractivity (Wildman–Crippen MR) is 187 cm³/mol. The normalized spacial score (nSPS) is 20.2. The number of thioether (sulfide) groups is 1. The quantitative estimate of drug-likeness (QED) is 0.158. The van der Waals surface area contributed by atoms with E-state index in [-0.39, 0.29) is 17.6 Å². The average Bonchev–Trinajstić information content (AvgIpc) is 3.88. The van der Waals surface area contributed by atoms with Crippen LogP contribution in [-0.2, 0) is 16.9 Å². The Morgan fingerprint density at radius 1 is 0.918 bits per heavy atom. The third-order valence-corrected chi connectivity index (χ3v) is 10.9. The molecule has 49 heavy (non-hydrogen) atoms. The summed E-state index contributed by atoms with van der Waals surface area (Å²) in [6.07, 6.45) is 6.07. The third-order valence-electron chi connectivity index (χ3n) is 9.68. The van der Waals surface area contributed by atoms with Gasteiger partial charge in [-0.3, -0.25) is 0 Å². The maximum atomic E-state index is 15.0. The van der Waals surface area contributed by atoms with E-state index in [4.69, 9.17) is 4.74 Å². The summed E-state index contributed by atoms with van der Waals surface area (Å²) in [5.74, 6) is -0.224. The van der Waals surface area contributed by atoms with Crippen molar-refractivity contribution in [3.8, 4) is 5.69 Å². The maximum absolute atomic E-state index is 15.0. The van der Waals surface area contributed by atoms with Crippen molar-refractivity contribution >= 4 is 23.1 Å². The molecular formula is C36H40F2N8O2S. The van der Waals surface area contributed by atoms with Crippen LogP contribution >= 0.6 is 11.8 Å². The molecule has 0 saturated carbocycles. The highest BCUT2D eigenvalue weighted by Crippen LogP contribution is 2.43. The zero-order valence-corrected chi connectivity index (χ0v) is 28.5. The molecule has 3 aromatic carbocycles. The number of nitrogens with zero attached hydrogens (tertiary/aromatic N) is 8. The zero-order chi connectivity index (χ0) is 34.0. The average molecular weight is 687 g/mol. The van der Waals surface area contributed by atoms with Crippen LogP contribution < -0.4 is 15.5 Å². The van der Waals surface area contributed by atoms with Gasteiger partial charge < -0.3 is 14.5 Å². The first-order valence-corrected chi connectivity index (χ1v) is 17.7. The molecule has 13 heteroatoms. The summed E-state index contributed by atoms with van der Waals surface area (Å²) in [5, 5.41) is 8.51. The highest BCUT2D eigenvalue weighted by Gasteiger charge is 2.44. The minimum atomic E-state index is -0.943. The van der Waals surface area contributed by atoms with Crippen molar-refractivity contribution in [1.82, 2.24) is 29.1 Å². The van der Waals surface area contributed by atoms with E-state index in [9.17, 15) is 13.6 Å². The number of hydrogen-bond donors (Lipinski definition) is 0. The van der Waals surface area contributed by atoms with Gasteiger partial charge in [-0.15, -0.1) is 11.8 Å². The number of rotatable bonds is 11. The molecule has 0 amide bonds. The molecule has 7 rings (SSSR count). The Labute approximate surface area is 288 Å². The zero-order valence-electron chi connectivity index (χ0n) is 27.7. The lowest BCUT2D eigenvalue weighted by Gasteiger charge is -2.37. The van der Waals surface area contributed by atoms with E-state index in [1.54, 1.807) is 33.7 Å². The monoisotopic (exact) mass is 686 g/mol. The smallest absolute Gasteiger partial charge is 0.350 e. The molecule has 10 nitrogen and oxygen atoms in total. The van der Waals surface area contributed by atoms with Gasteiger partial charge in [0.1, 0.15) is 36.2 Å². The largest absolute Gasteiger partial charge is 0.368 e. The van der Waals surface area contributed by atoms with Gasteiger partial charge in [-0.05, 0) is 80.3 Å². The summed E-state index contributed by atoms with van der Waals surface area (Å²) in [5.41, 5.74) is 2.43. The van der Waals surface area contributed by atoms with Gasteiger partial charge in [0.25, 0.3) is 0 Å². The van der Waals surface area contributed by atoms with E-state index >= 15 is 0 Å². The summed E-state index contributed by atoms with van der Waals surface area (Å²) >= 11 is 1.76. The molecule has 4 heterocycles. The third kappa shape index (κ3) is 7.00. The summed E-state index contributed by atoms with van der Waals surface area (Å²) in [7, 11) is 0. The Morgan fingerprint density at radius 2 is 1.59 bits per heavy atom. The van der Waals surface area contributed by atoms with Crippen LogP contribution in [0.2, 0.25) is 0 Å². The number of piperazine rings is 1. The predicted octanol–water partition coefficient (Wildman–Crippen LogP) is 5.93. The minimum absolute atomic E-state index is 0.0627. The van der Waals surface area contributed by atoms with Crippen molar-refractivity contribution in [1.29, 1.82) is 0 Å². The molecule has 2 saturated heterocycles.